The molecule has 0 atom stereocenters. The van der Waals surface area contributed by atoms with Gasteiger partial charge < -0.3 is 5.32 Å². The lowest BCUT2D eigenvalue weighted by Crippen LogP contribution is -2.21. The Morgan fingerprint density at radius 1 is 1.25 bits per heavy atom. The molecule has 0 bridgehead atoms. The maximum Gasteiger partial charge on any atom is 0.229 e. The molecule has 0 aliphatic heterocycles. The molecule has 1 amide bonds. The van der Waals surface area contributed by atoms with Gasteiger partial charge in [-0.3, -0.25) is 4.79 Å². The van der Waals surface area contributed by atoms with Gasteiger partial charge in [-0.2, -0.15) is 5.10 Å². The molecular formula is C19H24FN3O. The third-order valence-corrected chi connectivity index (χ3v) is 4.65. The van der Waals surface area contributed by atoms with Crippen LogP contribution in [0.3, 0.4) is 0 Å². The highest BCUT2D eigenvalue weighted by Crippen LogP contribution is 2.30. The number of rotatable bonds is 4. The topological polar surface area (TPSA) is 46.9 Å². The van der Waals surface area contributed by atoms with Gasteiger partial charge >= 0.3 is 0 Å². The van der Waals surface area contributed by atoms with Gasteiger partial charge in [0.25, 0.3) is 0 Å². The smallest absolute Gasteiger partial charge is 0.229 e. The summed E-state index contributed by atoms with van der Waals surface area (Å²) < 4.78 is 15.6. The van der Waals surface area contributed by atoms with Crippen LogP contribution in [0.1, 0.15) is 55.0 Å². The minimum atomic E-state index is -0.275. The van der Waals surface area contributed by atoms with Crippen LogP contribution in [0.15, 0.2) is 24.3 Å². The molecule has 1 aromatic carbocycles. The lowest BCUT2D eigenvalue weighted by Gasteiger charge is -2.24. The van der Waals surface area contributed by atoms with Gasteiger partial charge in [0.1, 0.15) is 11.6 Å². The molecule has 128 valence electrons. The molecule has 1 fully saturated rings. The van der Waals surface area contributed by atoms with Crippen LogP contribution in [0, 0.1) is 19.7 Å². The Kier molecular flexibility index (Phi) is 4.97. The summed E-state index contributed by atoms with van der Waals surface area (Å²) in [6.07, 6.45) is 6.06. The highest BCUT2D eigenvalue weighted by Gasteiger charge is 2.20. The van der Waals surface area contributed by atoms with E-state index in [0.29, 0.717) is 17.2 Å². The summed E-state index contributed by atoms with van der Waals surface area (Å²) in [5.74, 6) is 0.329. The van der Waals surface area contributed by atoms with E-state index in [4.69, 9.17) is 0 Å². The number of carbonyl (C=O) groups is 1. The number of benzene rings is 1. The van der Waals surface area contributed by atoms with E-state index >= 15 is 0 Å². The first kappa shape index (κ1) is 16.7. The van der Waals surface area contributed by atoms with Crippen LogP contribution in [0.25, 0.3) is 0 Å². The van der Waals surface area contributed by atoms with Crippen molar-refractivity contribution < 1.29 is 9.18 Å². The lowest BCUT2D eigenvalue weighted by molar-refractivity contribution is -0.115. The van der Waals surface area contributed by atoms with Crippen molar-refractivity contribution >= 4 is 11.7 Å². The quantitative estimate of drug-likeness (QED) is 0.908. The Morgan fingerprint density at radius 3 is 2.71 bits per heavy atom. The van der Waals surface area contributed by atoms with E-state index in [1.165, 1.54) is 25.3 Å². The molecule has 5 heteroatoms. The zero-order chi connectivity index (χ0) is 17.1. The molecule has 2 aromatic rings. The van der Waals surface area contributed by atoms with E-state index in [-0.39, 0.29) is 18.1 Å². The molecule has 0 saturated heterocycles. The molecule has 1 aliphatic carbocycles. The van der Waals surface area contributed by atoms with Crippen LogP contribution in [-0.2, 0) is 11.2 Å². The van der Waals surface area contributed by atoms with E-state index in [0.717, 1.165) is 24.4 Å². The van der Waals surface area contributed by atoms with Gasteiger partial charge in [-0.15, -0.1) is 0 Å². The van der Waals surface area contributed by atoms with Crippen LogP contribution >= 0.6 is 0 Å². The van der Waals surface area contributed by atoms with E-state index in [2.05, 4.69) is 10.4 Å². The molecule has 4 nitrogen and oxygen atoms in total. The largest absolute Gasteiger partial charge is 0.311 e. The summed E-state index contributed by atoms with van der Waals surface area (Å²) in [7, 11) is 0. The van der Waals surface area contributed by atoms with E-state index in [9.17, 15) is 9.18 Å². The van der Waals surface area contributed by atoms with Crippen LogP contribution in [0.4, 0.5) is 10.2 Å². The van der Waals surface area contributed by atoms with Crippen molar-refractivity contribution in [2.75, 3.05) is 5.32 Å². The standard InChI is InChI=1S/C19H24FN3O/c1-13-8-9-15(11-17(13)20)12-19(24)21-18-10-14(2)22-23(18)16-6-4-3-5-7-16/h8-11,16H,3-7,12H2,1-2H3,(H,21,24). The molecule has 0 spiro atoms. The van der Waals surface area contributed by atoms with Crippen molar-refractivity contribution in [2.45, 2.75) is 58.4 Å². The number of amides is 1. The molecular weight excluding hydrogens is 305 g/mol. The number of aromatic nitrogens is 2. The van der Waals surface area contributed by atoms with E-state index in [1.54, 1.807) is 19.1 Å². The average Bonchev–Trinajstić information content (AvgIpc) is 2.92. The maximum atomic E-state index is 13.6. The number of nitrogens with one attached hydrogen (secondary N) is 1. The minimum absolute atomic E-state index is 0.143. The van der Waals surface area contributed by atoms with Crippen LogP contribution in [-0.4, -0.2) is 15.7 Å². The minimum Gasteiger partial charge on any atom is -0.311 e. The Bertz CT molecular complexity index is 732. The van der Waals surface area contributed by atoms with Crippen molar-refractivity contribution in [1.29, 1.82) is 0 Å². The predicted molar refractivity (Wildman–Crippen MR) is 92.6 cm³/mol. The Hall–Kier alpha value is -2.17. The molecule has 1 aromatic heterocycles. The number of hydrogen-bond acceptors (Lipinski definition) is 2. The summed E-state index contributed by atoms with van der Waals surface area (Å²) in [5.41, 5.74) is 2.17. The average molecular weight is 329 g/mol. The molecule has 1 heterocycles. The van der Waals surface area contributed by atoms with Gasteiger partial charge in [0.15, 0.2) is 0 Å². The fourth-order valence-electron chi connectivity index (χ4n) is 3.33. The third-order valence-electron chi connectivity index (χ3n) is 4.65. The fraction of sp³-hybridized carbons (Fsp3) is 0.474. The highest BCUT2D eigenvalue weighted by atomic mass is 19.1. The number of hydrogen-bond donors (Lipinski definition) is 1. The van der Waals surface area contributed by atoms with Crippen LogP contribution in [0.2, 0.25) is 0 Å². The molecule has 0 unspecified atom stereocenters. The summed E-state index contributed by atoms with van der Waals surface area (Å²) in [6.45, 7) is 3.65. The number of anilines is 1. The fourth-order valence-corrected chi connectivity index (χ4v) is 3.33. The number of carbonyl (C=O) groups excluding carboxylic acids is 1. The summed E-state index contributed by atoms with van der Waals surface area (Å²) in [5, 5.41) is 7.51. The van der Waals surface area contributed by atoms with Crippen molar-refractivity contribution in [3.63, 3.8) is 0 Å². The summed E-state index contributed by atoms with van der Waals surface area (Å²) in [6, 6.07) is 7.19. The highest BCUT2D eigenvalue weighted by molar-refractivity contribution is 5.91. The van der Waals surface area contributed by atoms with Crippen molar-refractivity contribution in [2.24, 2.45) is 0 Å². The van der Waals surface area contributed by atoms with Crippen molar-refractivity contribution in [1.82, 2.24) is 9.78 Å². The second-order valence-corrected chi connectivity index (χ2v) is 6.72. The second-order valence-electron chi connectivity index (χ2n) is 6.72. The van der Waals surface area contributed by atoms with Gasteiger partial charge in [0.05, 0.1) is 18.2 Å². The maximum absolute atomic E-state index is 13.6. The number of nitrogens with zero attached hydrogens (tertiary/aromatic N) is 2. The molecule has 0 radical (unpaired) electrons. The zero-order valence-corrected chi connectivity index (χ0v) is 14.3. The second kappa shape index (κ2) is 7.16. The van der Waals surface area contributed by atoms with Gasteiger partial charge in [0, 0.05) is 6.07 Å². The number of aryl methyl sites for hydroxylation is 2. The van der Waals surface area contributed by atoms with Crippen molar-refractivity contribution in [3.8, 4) is 0 Å². The summed E-state index contributed by atoms with van der Waals surface area (Å²) in [4.78, 5) is 12.3. The Labute approximate surface area is 142 Å². The van der Waals surface area contributed by atoms with Gasteiger partial charge in [-0.25, -0.2) is 9.07 Å². The zero-order valence-electron chi connectivity index (χ0n) is 14.3. The molecule has 3 rings (SSSR count). The summed E-state index contributed by atoms with van der Waals surface area (Å²) >= 11 is 0. The van der Waals surface area contributed by atoms with Gasteiger partial charge in [-0.1, -0.05) is 31.4 Å². The molecule has 1 saturated carbocycles. The molecule has 24 heavy (non-hydrogen) atoms. The Balaban J connectivity index is 1.70. The first-order chi connectivity index (χ1) is 11.5. The molecule has 1 aliphatic rings. The monoisotopic (exact) mass is 329 g/mol. The van der Waals surface area contributed by atoms with Gasteiger partial charge in [0.2, 0.25) is 5.91 Å². The third kappa shape index (κ3) is 3.83. The number of halogens is 1. The molecule has 1 N–H and O–H groups in total. The normalized spacial score (nSPS) is 15.5. The predicted octanol–water partition coefficient (Wildman–Crippen LogP) is 4.33. The van der Waals surface area contributed by atoms with Crippen LogP contribution in [0.5, 0.6) is 0 Å². The van der Waals surface area contributed by atoms with E-state index < -0.39 is 0 Å². The Morgan fingerprint density at radius 2 is 2.00 bits per heavy atom. The van der Waals surface area contributed by atoms with Crippen molar-refractivity contribution in [3.05, 3.63) is 46.9 Å². The SMILES string of the molecule is Cc1cc(NC(=O)Cc2ccc(C)c(F)c2)n(C2CCCCC2)n1. The van der Waals surface area contributed by atoms with Crippen LogP contribution < -0.4 is 5.32 Å². The van der Waals surface area contributed by atoms with Gasteiger partial charge in [-0.05, 0) is 43.9 Å². The van der Waals surface area contributed by atoms with E-state index in [1.807, 2.05) is 17.7 Å². The first-order valence-electron chi connectivity index (χ1n) is 8.64. The first-order valence-corrected chi connectivity index (χ1v) is 8.64. The lowest BCUT2D eigenvalue weighted by atomic mass is 9.96.